The molecule has 4 heteroatoms. The molecule has 114 valence electrons. The summed E-state index contributed by atoms with van der Waals surface area (Å²) in [5.41, 5.74) is 3.47. The van der Waals surface area contributed by atoms with Crippen LogP contribution in [0.4, 0.5) is 0 Å². The lowest BCUT2D eigenvalue weighted by atomic mass is 10.1. The third-order valence-corrected chi connectivity index (χ3v) is 4.99. The van der Waals surface area contributed by atoms with Crippen LogP contribution in [0.15, 0.2) is 29.6 Å². The van der Waals surface area contributed by atoms with Crippen LogP contribution in [0, 0.1) is 0 Å². The minimum Gasteiger partial charge on any atom is -0.299 e. The molecule has 0 fully saturated rings. The number of halogens is 1. The number of hydrogen-bond donors (Lipinski definition) is 0. The van der Waals surface area contributed by atoms with Gasteiger partial charge in [0.15, 0.2) is 0 Å². The first-order valence-corrected chi connectivity index (χ1v) is 8.85. The summed E-state index contributed by atoms with van der Waals surface area (Å²) < 4.78 is 0. The van der Waals surface area contributed by atoms with Crippen molar-refractivity contribution in [3.8, 4) is 10.6 Å². The van der Waals surface area contributed by atoms with E-state index in [-0.39, 0.29) is 0 Å². The zero-order valence-electron chi connectivity index (χ0n) is 13.0. The second-order valence-electron chi connectivity index (χ2n) is 5.53. The van der Waals surface area contributed by atoms with Crippen molar-refractivity contribution in [2.45, 2.75) is 45.2 Å². The normalized spacial score (nSPS) is 12.8. The van der Waals surface area contributed by atoms with Gasteiger partial charge in [-0.2, -0.15) is 0 Å². The van der Waals surface area contributed by atoms with Crippen molar-refractivity contribution in [2.75, 3.05) is 7.05 Å². The molecule has 2 nitrogen and oxygen atoms in total. The van der Waals surface area contributed by atoms with Crippen LogP contribution in [-0.4, -0.2) is 23.0 Å². The molecule has 1 aromatic heterocycles. The van der Waals surface area contributed by atoms with Crippen LogP contribution < -0.4 is 0 Å². The lowest BCUT2D eigenvalue weighted by Gasteiger charge is -2.24. The summed E-state index contributed by atoms with van der Waals surface area (Å²) >= 11 is 7.46. The van der Waals surface area contributed by atoms with Gasteiger partial charge >= 0.3 is 0 Å². The van der Waals surface area contributed by atoms with E-state index in [0.717, 1.165) is 17.2 Å². The van der Waals surface area contributed by atoms with Crippen LogP contribution in [0.5, 0.6) is 0 Å². The van der Waals surface area contributed by atoms with Crippen LogP contribution in [0.2, 0.25) is 0 Å². The Kier molecular flexibility index (Phi) is 6.22. The summed E-state index contributed by atoms with van der Waals surface area (Å²) in [6.07, 6.45) is 2.48. The molecule has 0 radical (unpaired) electrons. The first kappa shape index (κ1) is 16.5. The molecule has 0 amide bonds. The van der Waals surface area contributed by atoms with Gasteiger partial charge in [0, 0.05) is 23.5 Å². The van der Waals surface area contributed by atoms with Gasteiger partial charge < -0.3 is 0 Å². The van der Waals surface area contributed by atoms with Crippen molar-refractivity contribution in [1.82, 2.24) is 9.88 Å². The lowest BCUT2D eigenvalue weighted by molar-refractivity contribution is 0.237. The highest BCUT2D eigenvalue weighted by atomic mass is 35.5. The summed E-state index contributed by atoms with van der Waals surface area (Å²) in [7, 11) is 2.20. The van der Waals surface area contributed by atoms with Gasteiger partial charge in [-0.25, -0.2) is 4.98 Å². The Morgan fingerprint density at radius 3 is 2.57 bits per heavy atom. The monoisotopic (exact) mass is 322 g/mol. The van der Waals surface area contributed by atoms with E-state index < -0.39 is 0 Å². The Hall–Kier alpha value is -0.900. The smallest absolute Gasteiger partial charge is 0.123 e. The highest BCUT2D eigenvalue weighted by Crippen LogP contribution is 2.25. The maximum absolute atomic E-state index is 5.80. The number of aromatic nitrogens is 1. The molecule has 1 unspecified atom stereocenters. The number of benzene rings is 1. The average Bonchev–Trinajstić information content (AvgIpc) is 2.97. The van der Waals surface area contributed by atoms with E-state index in [9.17, 15) is 0 Å². The van der Waals surface area contributed by atoms with Crippen LogP contribution in [0.25, 0.3) is 10.6 Å². The summed E-state index contributed by atoms with van der Waals surface area (Å²) in [6.45, 7) is 5.52. The van der Waals surface area contributed by atoms with E-state index >= 15 is 0 Å². The Morgan fingerprint density at radius 1 is 1.29 bits per heavy atom. The molecule has 0 N–H and O–H groups in total. The van der Waals surface area contributed by atoms with E-state index in [2.05, 4.69) is 55.0 Å². The number of thiazole rings is 1. The molecule has 0 aliphatic rings. The molecular weight excluding hydrogens is 300 g/mol. The number of nitrogens with zero attached hydrogens (tertiary/aromatic N) is 2. The van der Waals surface area contributed by atoms with E-state index in [0.29, 0.717) is 11.9 Å². The van der Waals surface area contributed by atoms with Gasteiger partial charge in [0.05, 0.1) is 11.6 Å². The van der Waals surface area contributed by atoms with Gasteiger partial charge in [-0.05, 0) is 26.0 Å². The standard InChI is InChI=1S/C17H23ClN2S/c1-4-5-13(2)20(3)11-14-6-8-15(9-7-14)17-19-16(10-18)12-21-17/h6-9,12-13H,4-5,10-11H2,1-3H3. The number of hydrogen-bond acceptors (Lipinski definition) is 3. The second-order valence-corrected chi connectivity index (χ2v) is 6.65. The Labute approximate surface area is 136 Å². The van der Waals surface area contributed by atoms with Crippen LogP contribution in [0.3, 0.4) is 0 Å². The molecule has 0 saturated carbocycles. The van der Waals surface area contributed by atoms with E-state index in [1.807, 2.05) is 5.38 Å². The van der Waals surface area contributed by atoms with Gasteiger partial charge in [-0.15, -0.1) is 22.9 Å². The van der Waals surface area contributed by atoms with E-state index in [1.54, 1.807) is 11.3 Å². The fraction of sp³-hybridized carbons (Fsp3) is 0.471. The van der Waals surface area contributed by atoms with Crippen LogP contribution >= 0.6 is 22.9 Å². The largest absolute Gasteiger partial charge is 0.299 e. The third-order valence-electron chi connectivity index (χ3n) is 3.78. The molecule has 21 heavy (non-hydrogen) atoms. The number of alkyl halides is 1. The lowest BCUT2D eigenvalue weighted by Crippen LogP contribution is -2.28. The predicted octanol–water partition coefficient (Wildman–Crippen LogP) is 5.17. The van der Waals surface area contributed by atoms with Gasteiger partial charge in [-0.1, -0.05) is 37.6 Å². The molecule has 2 rings (SSSR count). The van der Waals surface area contributed by atoms with Gasteiger partial charge in [0.1, 0.15) is 5.01 Å². The number of rotatable bonds is 7. The molecule has 1 atom stereocenters. The van der Waals surface area contributed by atoms with Crippen molar-refractivity contribution in [2.24, 2.45) is 0 Å². The molecule has 0 aliphatic heterocycles. The summed E-state index contributed by atoms with van der Waals surface area (Å²) in [5, 5.41) is 3.07. The first-order chi connectivity index (χ1) is 10.1. The summed E-state index contributed by atoms with van der Waals surface area (Å²) in [6, 6.07) is 9.34. The fourth-order valence-electron chi connectivity index (χ4n) is 2.34. The third kappa shape index (κ3) is 4.53. The van der Waals surface area contributed by atoms with Crippen LogP contribution in [-0.2, 0) is 12.4 Å². The maximum Gasteiger partial charge on any atom is 0.123 e. The SMILES string of the molecule is CCCC(C)N(C)Cc1ccc(-c2nc(CCl)cs2)cc1. The molecule has 1 aromatic carbocycles. The van der Waals surface area contributed by atoms with Gasteiger partial charge in [-0.3, -0.25) is 4.90 Å². The van der Waals surface area contributed by atoms with Gasteiger partial charge in [0.2, 0.25) is 0 Å². The molecule has 0 bridgehead atoms. The minimum atomic E-state index is 0.481. The molecule has 2 aromatic rings. The topological polar surface area (TPSA) is 16.1 Å². The van der Waals surface area contributed by atoms with Crippen molar-refractivity contribution >= 4 is 22.9 Å². The average molecular weight is 323 g/mol. The quantitative estimate of drug-likeness (QED) is 0.654. The van der Waals surface area contributed by atoms with Gasteiger partial charge in [0.25, 0.3) is 0 Å². The summed E-state index contributed by atoms with van der Waals surface area (Å²) in [4.78, 5) is 6.93. The van der Waals surface area contributed by atoms with Crippen molar-refractivity contribution < 1.29 is 0 Å². The fourth-order valence-corrected chi connectivity index (χ4v) is 3.39. The zero-order valence-corrected chi connectivity index (χ0v) is 14.5. The van der Waals surface area contributed by atoms with E-state index in [1.165, 1.54) is 24.0 Å². The van der Waals surface area contributed by atoms with Crippen molar-refractivity contribution in [1.29, 1.82) is 0 Å². The molecule has 0 aliphatic carbocycles. The summed E-state index contributed by atoms with van der Waals surface area (Å²) in [5.74, 6) is 0.481. The van der Waals surface area contributed by atoms with Crippen LogP contribution in [0.1, 0.15) is 37.9 Å². The highest BCUT2D eigenvalue weighted by molar-refractivity contribution is 7.13. The molecular formula is C17H23ClN2S. The zero-order chi connectivity index (χ0) is 15.2. The van der Waals surface area contributed by atoms with Crippen molar-refractivity contribution in [3.63, 3.8) is 0 Å². The minimum absolute atomic E-state index is 0.481. The molecule has 0 spiro atoms. The second kappa shape index (κ2) is 7.92. The first-order valence-electron chi connectivity index (χ1n) is 7.44. The Balaban J connectivity index is 2.01. The Bertz CT molecular complexity index is 550. The molecule has 0 saturated heterocycles. The maximum atomic E-state index is 5.80. The highest BCUT2D eigenvalue weighted by Gasteiger charge is 2.09. The predicted molar refractivity (Wildman–Crippen MR) is 92.9 cm³/mol. The van der Waals surface area contributed by atoms with E-state index in [4.69, 9.17) is 11.6 Å². The molecule has 1 heterocycles. The van der Waals surface area contributed by atoms with Crippen molar-refractivity contribution in [3.05, 3.63) is 40.9 Å². The Morgan fingerprint density at radius 2 is 2.00 bits per heavy atom.